The van der Waals surface area contributed by atoms with Crippen LogP contribution in [0.5, 0.6) is 0 Å². The molecule has 3 unspecified atom stereocenters. The Balaban J connectivity index is 1.99. The minimum atomic E-state index is -5.07. The smallest absolute Gasteiger partial charge is 0.376 e. The van der Waals surface area contributed by atoms with Gasteiger partial charge in [-0.05, 0) is 42.0 Å². The maximum atomic E-state index is 13.7. The highest BCUT2D eigenvalue weighted by atomic mass is 19.4. The van der Waals surface area contributed by atoms with Gasteiger partial charge < -0.3 is 9.84 Å². The summed E-state index contributed by atoms with van der Waals surface area (Å²) in [7, 11) is 1.00. The van der Waals surface area contributed by atoms with Crippen molar-refractivity contribution in [2.45, 2.75) is 30.9 Å². The summed E-state index contributed by atoms with van der Waals surface area (Å²) in [5.74, 6) is -1.91. The number of rotatable bonds is 4. The van der Waals surface area contributed by atoms with Gasteiger partial charge in [0.05, 0.1) is 28.8 Å². The Labute approximate surface area is 180 Å². The van der Waals surface area contributed by atoms with E-state index in [1.54, 1.807) is 0 Å². The Morgan fingerprint density at radius 1 is 0.788 bits per heavy atom. The van der Waals surface area contributed by atoms with Crippen molar-refractivity contribution in [2.24, 2.45) is 11.0 Å². The Kier molecular flexibility index (Phi) is 6.41. The zero-order valence-corrected chi connectivity index (χ0v) is 16.5. The molecule has 1 aliphatic rings. The standard InChI is InChI=1S/C20H15F9N2O2/c1-33-15(10-2-4-11(5-3-10)18(21,22)23)14-16(20(27,28)29)30-31(17(14)32)13-8-6-12(7-9-13)19(24,25)26/h2-9,14-15,17,32H,1H3. The lowest BCUT2D eigenvalue weighted by Gasteiger charge is -2.29. The topological polar surface area (TPSA) is 45.1 Å². The van der Waals surface area contributed by atoms with Crippen molar-refractivity contribution < 1.29 is 49.4 Å². The fourth-order valence-electron chi connectivity index (χ4n) is 3.45. The van der Waals surface area contributed by atoms with Crippen molar-refractivity contribution in [2.75, 3.05) is 12.1 Å². The molecule has 3 rings (SSSR count). The fourth-order valence-corrected chi connectivity index (χ4v) is 3.45. The van der Waals surface area contributed by atoms with Crippen molar-refractivity contribution in [3.8, 4) is 0 Å². The fraction of sp³-hybridized carbons (Fsp3) is 0.350. The van der Waals surface area contributed by atoms with Gasteiger partial charge in [0.2, 0.25) is 0 Å². The highest BCUT2D eigenvalue weighted by Gasteiger charge is 2.53. The number of anilines is 1. The zero-order valence-electron chi connectivity index (χ0n) is 16.5. The van der Waals surface area contributed by atoms with E-state index in [0.29, 0.717) is 29.3 Å². The molecule has 0 fully saturated rings. The third kappa shape index (κ3) is 5.08. The molecule has 180 valence electrons. The second kappa shape index (κ2) is 8.52. The lowest BCUT2D eigenvalue weighted by molar-refractivity contribution is -0.138. The molecule has 2 aromatic rings. The Morgan fingerprint density at radius 2 is 1.24 bits per heavy atom. The van der Waals surface area contributed by atoms with Gasteiger partial charge >= 0.3 is 18.5 Å². The number of halogens is 9. The highest BCUT2D eigenvalue weighted by Crippen LogP contribution is 2.42. The predicted molar refractivity (Wildman–Crippen MR) is 98.1 cm³/mol. The van der Waals surface area contributed by atoms with Gasteiger partial charge in [-0.25, -0.2) is 5.01 Å². The van der Waals surface area contributed by atoms with Crippen LogP contribution in [0.25, 0.3) is 0 Å². The molecule has 1 heterocycles. The van der Waals surface area contributed by atoms with Crippen molar-refractivity contribution >= 4 is 11.4 Å². The van der Waals surface area contributed by atoms with Crippen LogP contribution in [-0.4, -0.2) is 30.3 Å². The summed E-state index contributed by atoms with van der Waals surface area (Å²) in [6, 6.07) is 6.04. The monoisotopic (exact) mass is 486 g/mol. The number of alkyl halides is 9. The second-order valence-electron chi connectivity index (χ2n) is 7.09. The molecule has 1 aliphatic heterocycles. The van der Waals surface area contributed by atoms with E-state index in [-0.39, 0.29) is 11.3 Å². The molecule has 3 atom stereocenters. The first-order chi connectivity index (χ1) is 15.1. The van der Waals surface area contributed by atoms with Crippen LogP contribution in [0.1, 0.15) is 22.8 Å². The van der Waals surface area contributed by atoms with E-state index < -0.39 is 53.6 Å². The quantitative estimate of drug-likeness (QED) is 0.557. The van der Waals surface area contributed by atoms with Gasteiger partial charge in [0.25, 0.3) is 0 Å². The highest BCUT2D eigenvalue weighted by molar-refractivity contribution is 5.95. The number of benzene rings is 2. The number of aliphatic hydroxyl groups is 1. The van der Waals surface area contributed by atoms with Gasteiger partial charge in [-0.15, -0.1) is 0 Å². The van der Waals surface area contributed by atoms with Gasteiger partial charge in [-0.3, -0.25) is 0 Å². The Bertz CT molecular complexity index is 997. The summed E-state index contributed by atoms with van der Waals surface area (Å²) in [5, 5.41) is 14.5. The number of hydrogen-bond acceptors (Lipinski definition) is 4. The minimum absolute atomic E-state index is 0.0965. The van der Waals surface area contributed by atoms with Gasteiger partial charge in [0.1, 0.15) is 0 Å². The average Bonchev–Trinajstić information content (AvgIpc) is 3.05. The molecule has 13 heteroatoms. The number of aliphatic hydroxyl groups excluding tert-OH is 1. The van der Waals surface area contributed by atoms with E-state index >= 15 is 0 Å². The number of hydrazone groups is 1. The van der Waals surface area contributed by atoms with Crippen LogP contribution in [-0.2, 0) is 17.1 Å². The maximum absolute atomic E-state index is 13.7. The third-order valence-electron chi connectivity index (χ3n) is 5.00. The molecule has 4 nitrogen and oxygen atoms in total. The molecule has 0 amide bonds. The first kappa shape index (κ1) is 24.8. The summed E-state index contributed by atoms with van der Waals surface area (Å²) >= 11 is 0. The first-order valence-electron chi connectivity index (χ1n) is 9.15. The molecule has 0 bridgehead atoms. The lowest BCUT2D eigenvalue weighted by Crippen LogP contribution is -2.41. The molecule has 1 N–H and O–H groups in total. The third-order valence-corrected chi connectivity index (χ3v) is 5.00. The van der Waals surface area contributed by atoms with Crippen molar-refractivity contribution in [3.63, 3.8) is 0 Å². The first-order valence-corrected chi connectivity index (χ1v) is 9.15. The van der Waals surface area contributed by atoms with Crippen molar-refractivity contribution in [1.29, 1.82) is 0 Å². The van der Waals surface area contributed by atoms with E-state index in [9.17, 15) is 44.6 Å². The molecule has 0 spiro atoms. The van der Waals surface area contributed by atoms with E-state index in [1.165, 1.54) is 0 Å². The largest absolute Gasteiger partial charge is 0.431 e. The average molecular weight is 486 g/mol. The summed E-state index contributed by atoms with van der Waals surface area (Å²) < 4.78 is 123. The minimum Gasteiger partial charge on any atom is -0.376 e. The molecular formula is C20H15F9N2O2. The van der Waals surface area contributed by atoms with Gasteiger partial charge in [0.15, 0.2) is 11.9 Å². The summed E-state index contributed by atoms with van der Waals surface area (Å²) in [6.45, 7) is 0. The number of ether oxygens (including phenoxy) is 1. The molecule has 0 radical (unpaired) electrons. The number of methoxy groups -OCH3 is 1. The van der Waals surface area contributed by atoms with Crippen LogP contribution >= 0.6 is 0 Å². The van der Waals surface area contributed by atoms with Crippen LogP contribution in [0.15, 0.2) is 53.6 Å². The second-order valence-corrected chi connectivity index (χ2v) is 7.09. The Hall–Kier alpha value is -2.80. The molecule has 33 heavy (non-hydrogen) atoms. The number of hydrogen-bond donors (Lipinski definition) is 1. The van der Waals surface area contributed by atoms with Gasteiger partial charge in [-0.2, -0.15) is 44.6 Å². The normalized spacial score (nSPS) is 20.7. The SMILES string of the molecule is COC(c1ccc(C(F)(F)F)cc1)C1C(C(F)(F)F)=NN(c2ccc(C(F)(F)F)cc2)C1O. The van der Waals surface area contributed by atoms with E-state index in [0.717, 1.165) is 31.4 Å². The maximum Gasteiger partial charge on any atom is 0.431 e. The van der Waals surface area contributed by atoms with E-state index in [4.69, 9.17) is 4.74 Å². The van der Waals surface area contributed by atoms with Gasteiger partial charge in [-0.1, -0.05) is 12.1 Å². The number of nitrogens with zero attached hydrogens (tertiary/aromatic N) is 2. The summed E-state index contributed by atoms with van der Waals surface area (Å²) in [4.78, 5) is 0. The molecule has 0 saturated carbocycles. The zero-order chi connectivity index (χ0) is 24.8. The summed E-state index contributed by atoms with van der Waals surface area (Å²) in [5.41, 5.74) is -3.95. The van der Waals surface area contributed by atoms with Crippen LogP contribution in [0, 0.1) is 5.92 Å². The molecule has 0 aliphatic carbocycles. The van der Waals surface area contributed by atoms with E-state index in [2.05, 4.69) is 5.10 Å². The van der Waals surface area contributed by atoms with Crippen LogP contribution in [0.2, 0.25) is 0 Å². The molecule has 2 aromatic carbocycles. The lowest BCUT2D eigenvalue weighted by atomic mass is 9.89. The van der Waals surface area contributed by atoms with Crippen LogP contribution < -0.4 is 5.01 Å². The van der Waals surface area contributed by atoms with E-state index in [1.807, 2.05) is 0 Å². The molecular weight excluding hydrogens is 471 g/mol. The van der Waals surface area contributed by atoms with Gasteiger partial charge in [0, 0.05) is 7.11 Å². The molecule has 0 aromatic heterocycles. The summed E-state index contributed by atoms with van der Waals surface area (Å²) in [6.07, 6.45) is -18.0. The predicted octanol–water partition coefficient (Wildman–Crippen LogP) is 5.78. The van der Waals surface area contributed by atoms with Crippen molar-refractivity contribution in [1.82, 2.24) is 0 Å². The van der Waals surface area contributed by atoms with Crippen LogP contribution in [0.3, 0.4) is 0 Å². The van der Waals surface area contributed by atoms with Crippen LogP contribution in [0.4, 0.5) is 45.2 Å². The Morgan fingerprint density at radius 3 is 1.64 bits per heavy atom. The van der Waals surface area contributed by atoms with Crippen molar-refractivity contribution in [3.05, 3.63) is 65.2 Å². The molecule has 0 saturated heterocycles.